The highest BCUT2D eigenvalue weighted by Gasteiger charge is 2.34. The Labute approximate surface area is 124 Å². The van der Waals surface area contributed by atoms with Crippen molar-refractivity contribution in [3.8, 4) is 0 Å². The molecule has 0 bridgehead atoms. The zero-order chi connectivity index (χ0) is 16.5. The van der Waals surface area contributed by atoms with Crippen LogP contribution in [0, 0.1) is 5.41 Å². The molecular weight excluding hydrogens is 276 g/mol. The monoisotopic (exact) mass is 298 g/mol. The lowest BCUT2D eigenvalue weighted by Crippen LogP contribution is -2.29. The molecule has 1 aliphatic carbocycles. The van der Waals surface area contributed by atoms with Gasteiger partial charge in [-0.1, -0.05) is 31.6 Å². The summed E-state index contributed by atoms with van der Waals surface area (Å²) in [4.78, 5) is 31.7. The van der Waals surface area contributed by atoms with Gasteiger partial charge >= 0.3 is 11.9 Å². The van der Waals surface area contributed by atoms with Crippen molar-refractivity contribution in [3.05, 3.63) is 23.8 Å². The fourth-order valence-corrected chi connectivity index (χ4v) is 1.58. The molecule has 118 valence electrons. The number of carboxylic acids is 2. The Hall–Kier alpha value is -2.11. The van der Waals surface area contributed by atoms with Crippen molar-refractivity contribution < 1.29 is 29.3 Å². The summed E-state index contributed by atoms with van der Waals surface area (Å²) < 4.78 is 5.06. The molecule has 0 aromatic carbocycles. The summed E-state index contributed by atoms with van der Waals surface area (Å²) in [6.07, 6.45) is 6.79. The van der Waals surface area contributed by atoms with Crippen LogP contribution >= 0.6 is 0 Å². The average Bonchev–Trinajstić information content (AvgIpc) is 2.38. The molecule has 1 aliphatic rings. The summed E-state index contributed by atoms with van der Waals surface area (Å²) in [5, 5.41) is 16.5. The predicted molar refractivity (Wildman–Crippen MR) is 76.8 cm³/mol. The van der Waals surface area contributed by atoms with Gasteiger partial charge in [0.1, 0.15) is 0 Å². The van der Waals surface area contributed by atoms with Gasteiger partial charge in [0.25, 0.3) is 5.97 Å². The number of aliphatic carboxylic acids is 2. The van der Waals surface area contributed by atoms with Crippen LogP contribution in [0.15, 0.2) is 23.8 Å². The number of allylic oxidation sites excluding steroid dienone is 2. The number of rotatable bonds is 5. The molecule has 0 fully saturated rings. The minimum absolute atomic E-state index is 0.184. The summed E-state index contributed by atoms with van der Waals surface area (Å²) in [6, 6.07) is 0. The average molecular weight is 298 g/mol. The van der Waals surface area contributed by atoms with Gasteiger partial charge in [0.15, 0.2) is 0 Å². The van der Waals surface area contributed by atoms with E-state index >= 15 is 0 Å². The first-order valence-electron chi connectivity index (χ1n) is 6.71. The van der Waals surface area contributed by atoms with E-state index < -0.39 is 23.3 Å². The second kappa shape index (κ2) is 8.94. The maximum absolute atomic E-state index is 11.7. The number of carbonyl (C=O) groups excluding carboxylic acids is 1. The van der Waals surface area contributed by atoms with Crippen LogP contribution in [0.3, 0.4) is 0 Å². The number of hydrogen-bond donors (Lipinski definition) is 2. The fourth-order valence-electron chi connectivity index (χ4n) is 1.58. The smallest absolute Gasteiger partial charge is 0.334 e. The van der Waals surface area contributed by atoms with Crippen LogP contribution in [0.25, 0.3) is 0 Å². The molecule has 6 heteroatoms. The van der Waals surface area contributed by atoms with Crippen molar-refractivity contribution in [1.29, 1.82) is 0 Å². The highest BCUT2D eigenvalue weighted by molar-refractivity contribution is 5.91. The molecule has 21 heavy (non-hydrogen) atoms. The summed E-state index contributed by atoms with van der Waals surface area (Å²) in [5.41, 5.74) is -0.582. The minimum Gasteiger partial charge on any atom is -0.481 e. The van der Waals surface area contributed by atoms with Crippen LogP contribution in [-0.4, -0.2) is 34.7 Å². The van der Waals surface area contributed by atoms with E-state index in [2.05, 4.69) is 0 Å². The molecule has 0 saturated heterocycles. The molecule has 0 aromatic heterocycles. The number of esters is 1. The van der Waals surface area contributed by atoms with Crippen molar-refractivity contribution in [2.24, 2.45) is 5.41 Å². The highest BCUT2D eigenvalue weighted by Crippen LogP contribution is 2.31. The second-order valence-corrected chi connectivity index (χ2v) is 4.96. The van der Waals surface area contributed by atoms with Gasteiger partial charge in [-0.15, -0.1) is 0 Å². The number of hydrogen-bond acceptors (Lipinski definition) is 4. The van der Waals surface area contributed by atoms with E-state index in [1.807, 2.05) is 6.92 Å². The molecule has 0 saturated carbocycles. The van der Waals surface area contributed by atoms with Gasteiger partial charge in [0.2, 0.25) is 0 Å². The van der Waals surface area contributed by atoms with Gasteiger partial charge in [-0.05, 0) is 19.8 Å². The Morgan fingerprint density at radius 1 is 1.33 bits per heavy atom. The van der Waals surface area contributed by atoms with Crippen LogP contribution in [0.2, 0.25) is 0 Å². The molecule has 0 radical (unpaired) electrons. The Morgan fingerprint density at radius 2 is 1.90 bits per heavy atom. The Bertz CT molecular complexity index is 445. The van der Waals surface area contributed by atoms with Crippen molar-refractivity contribution >= 4 is 17.9 Å². The third-order valence-electron chi connectivity index (χ3n) is 2.80. The Morgan fingerprint density at radius 3 is 2.38 bits per heavy atom. The van der Waals surface area contributed by atoms with Crippen LogP contribution in [0.5, 0.6) is 0 Å². The van der Waals surface area contributed by atoms with Crippen molar-refractivity contribution in [2.75, 3.05) is 6.61 Å². The summed E-state index contributed by atoms with van der Waals surface area (Å²) in [7, 11) is 0. The maximum Gasteiger partial charge on any atom is 0.334 e. The lowest BCUT2D eigenvalue weighted by atomic mass is 9.80. The van der Waals surface area contributed by atoms with E-state index in [1.54, 1.807) is 25.2 Å². The summed E-state index contributed by atoms with van der Waals surface area (Å²) >= 11 is 0. The zero-order valence-corrected chi connectivity index (χ0v) is 12.6. The molecule has 1 unspecified atom stereocenters. The van der Waals surface area contributed by atoms with Gasteiger partial charge in [-0.25, -0.2) is 4.79 Å². The van der Waals surface area contributed by atoms with Crippen molar-refractivity contribution in [3.63, 3.8) is 0 Å². The first-order chi connectivity index (χ1) is 9.73. The maximum atomic E-state index is 11.7. The zero-order valence-electron chi connectivity index (χ0n) is 12.6. The molecule has 0 amide bonds. The van der Waals surface area contributed by atoms with Crippen LogP contribution in [-0.2, 0) is 19.1 Å². The quantitative estimate of drug-likeness (QED) is 0.597. The van der Waals surface area contributed by atoms with Crippen molar-refractivity contribution in [1.82, 2.24) is 0 Å². The fraction of sp³-hybridized carbons (Fsp3) is 0.533. The largest absolute Gasteiger partial charge is 0.481 e. The molecule has 6 nitrogen and oxygen atoms in total. The number of carboxylic acid groups (broad SMARTS) is 2. The van der Waals surface area contributed by atoms with E-state index in [4.69, 9.17) is 19.7 Å². The van der Waals surface area contributed by atoms with Crippen molar-refractivity contribution in [2.45, 2.75) is 40.0 Å². The highest BCUT2D eigenvalue weighted by atomic mass is 16.5. The molecule has 0 heterocycles. The molecule has 2 N–H and O–H groups in total. The topological polar surface area (TPSA) is 101 Å². The van der Waals surface area contributed by atoms with E-state index in [9.17, 15) is 9.59 Å². The predicted octanol–water partition coefficient (Wildman–Crippen LogP) is 2.40. The van der Waals surface area contributed by atoms with E-state index in [1.165, 1.54) is 0 Å². The van der Waals surface area contributed by atoms with Crippen LogP contribution in [0.4, 0.5) is 0 Å². The van der Waals surface area contributed by atoms with Gasteiger partial charge in [-0.2, -0.15) is 0 Å². The molecule has 0 aliphatic heterocycles. The Kier molecular flexibility index (Phi) is 8.04. The SMILES string of the molecule is CC(=O)O.CCCCOC(=O)C1=CC=CC(C)(C(=O)O)C1. The van der Waals surface area contributed by atoms with Crippen LogP contribution < -0.4 is 0 Å². The van der Waals surface area contributed by atoms with E-state index in [-0.39, 0.29) is 6.42 Å². The molecular formula is C15H22O6. The standard InChI is InChI=1S/C13H18O4.C2H4O2/c1-3-4-8-17-11(14)10-6-5-7-13(2,9-10)12(15)16;1-2(3)4/h5-7H,3-4,8-9H2,1-2H3,(H,15,16);1H3,(H,3,4). The first-order valence-corrected chi connectivity index (χ1v) is 6.71. The van der Waals surface area contributed by atoms with Gasteiger partial charge in [0, 0.05) is 12.5 Å². The molecule has 0 aromatic rings. The molecule has 0 spiro atoms. The second-order valence-electron chi connectivity index (χ2n) is 4.96. The van der Waals surface area contributed by atoms with E-state index in [0.717, 1.165) is 19.8 Å². The molecule has 1 rings (SSSR count). The minimum atomic E-state index is -1.01. The number of unbranched alkanes of at least 4 members (excludes halogenated alkanes) is 1. The number of ether oxygens (including phenoxy) is 1. The normalized spacial score (nSPS) is 19.9. The third kappa shape index (κ3) is 7.29. The van der Waals surface area contributed by atoms with Gasteiger partial charge < -0.3 is 14.9 Å². The summed E-state index contributed by atoms with van der Waals surface area (Å²) in [6.45, 7) is 5.08. The Balaban J connectivity index is 0.000000885. The lowest BCUT2D eigenvalue weighted by Gasteiger charge is -2.24. The third-order valence-corrected chi connectivity index (χ3v) is 2.80. The molecule has 1 atom stereocenters. The number of carbonyl (C=O) groups is 3. The van der Waals surface area contributed by atoms with Gasteiger partial charge in [-0.3, -0.25) is 9.59 Å². The first kappa shape index (κ1) is 18.9. The summed E-state index contributed by atoms with van der Waals surface area (Å²) in [5.74, 6) is -2.17. The van der Waals surface area contributed by atoms with Crippen LogP contribution in [0.1, 0.15) is 40.0 Å². The van der Waals surface area contributed by atoms with E-state index in [0.29, 0.717) is 12.2 Å². The lowest BCUT2D eigenvalue weighted by molar-refractivity contribution is -0.145. The van der Waals surface area contributed by atoms with Gasteiger partial charge in [0.05, 0.1) is 12.0 Å².